The van der Waals surface area contributed by atoms with E-state index in [0.29, 0.717) is 11.7 Å². The first-order valence-electron chi connectivity index (χ1n) is 11.1. The van der Waals surface area contributed by atoms with E-state index in [4.69, 9.17) is 0 Å². The van der Waals surface area contributed by atoms with Crippen LogP contribution in [0.3, 0.4) is 0 Å². The van der Waals surface area contributed by atoms with Gasteiger partial charge in [0.1, 0.15) is 0 Å². The number of ketones is 1. The minimum absolute atomic E-state index is 0. The first-order valence-corrected chi connectivity index (χ1v) is 12.1. The summed E-state index contributed by atoms with van der Waals surface area (Å²) >= 11 is 1.55. The molecule has 1 aromatic rings. The first-order chi connectivity index (χ1) is 15.0. The summed E-state index contributed by atoms with van der Waals surface area (Å²) in [6, 6.07) is 9.20. The SMILES string of the molecule is CC(C)[C@H](NC(=O)C1CCCCC1)C(=O)C(=O)N/N=C1\SCCN1Cc1ccccc1.Cl. The number of carbonyl (C=O) groups excluding carboxylic acids is 3. The maximum atomic E-state index is 12.8. The molecule has 7 nitrogen and oxygen atoms in total. The van der Waals surface area contributed by atoms with Crippen LogP contribution in [0, 0.1) is 11.8 Å². The second kappa shape index (κ2) is 12.8. The maximum Gasteiger partial charge on any atom is 0.309 e. The van der Waals surface area contributed by atoms with Gasteiger partial charge in [0.05, 0.1) is 6.04 Å². The Bertz CT molecular complexity index is 813. The third-order valence-corrected chi connectivity index (χ3v) is 6.77. The molecule has 1 saturated heterocycles. The number of nitrogens with zero attached hydrogens (tertiary/aromatic N) is 2. The first kappa shape index (κ1) is 26.2. The van der Waals surface area contributed by atoms with Gasteiger partial charge in [-0.1, -0.05) is 75.2 Å². The highest BCUT2D eigenvalue weighted by Gasteiger charge is 2.32. The normalized spacial score (nSPS) is 18.8. The minimum Gasteiger partial charge on any atom is -0.345 e. The zero-order valence-corrected chi connectivity index (χ0v) is 20.3. The molecule has 2 N–H and O–H groups in total. The van der Waals surface area contributed by atoms with Gasteiger partial charge < -0.3 is 10.2 Å². The highest BCUT2D eigenvalue weighted by molar-refractivity contribution is 8.14. The van der Waals surface area contributed by atoms with Gasteiger partial charge in [-0.25, -0.2) is 5.43 Å². The van der Waals surface area contributed by atoms with E-state index in [1.807, 2.05) is 44.2 Å². The monoisotopic (exact) mass is 480 g/mol. The molecule has 1 heterocycles. The standard InChI is InChI=1S/C23H32N4O3S.ClH/c1-16(2)19(24-21(29)18-11-7-4-8-12-18)20(28)22(30)25-26-23-27(13-14-31-23)15-17-9-5-3-6-10-17;/h3,5-6,9-10,16,18-19H,4,7-8,11-15H2,1-2H3,(H,24,29)(H,25,30);1H/b26-23-;/t19-;/m0./s1. The highest BCUT2D eigenvalue weighted by atomic mass is 35.5. The van der Waals surface area contributed by atoms with Crippen LogP contribution in [-0.2, 0) is 20.9 Å². The van der Waals surface area contributed by atoms with Gasteiger partial charge in [0.2, 0.25) is 11.7 Å². The Kier molecular flexibility index (Phi) is 10.5. The Balaban J connectivity index is 0.00000363. The summed E-state index contributed by atoms with van der Waals surface area (Å²) in [7, 11) is 0. The van der Waals surface area contributed by atoms with Crippen LogP contribution in [0.5, 0.6) is 0 Å². The Morgan fingerprint density at radius 2 is 1.81 bits per heavy atom. The summed E-state index contributed by atoms with van der Waals surface area (Å²) < 4.78 is 0. The van der Waals surface area contributed by atoms with Gasteiger partial charge in [-0.2, -0.15) is 0 Å². The van der Waals surface area contributed by atoms with Crippen LogP contribution in [0.1, 0.15) is 51.5 Å². The number of nitrogens with one attached hydrogen (secondary N) is 2. The zero-order chi connectivity index (χ0) is 22.2. The van der Waals surface area contributed by atoms with E-state index in [0.717, 1.165) is 50.0 Å². The van der Waals surface area contributed by atoms with E-state index in [-0.39, 0.29) is 30.2 Å². The lowest BCUT2D eigenvalue weighted by molar-refractivity contribution is -0.141. The van der Waals surface area contributed by atoms with Crippen LogP contribution in [0.25, 0.3) is 0 Å². The molecular formula is C23H33ClN4O3S. The smallest absolute Gasteiger partial charge is 0.309 e. The number of benzene rings is 1. The van der Waals surface area contributed by atoms with E-state index < -0.39 is 17.7 Å². The van der Waals surface area contributed by atoms with E-state index >= 15 is 0 Å². The number of hydrogen-bond donors (Lipinski definition) is 2. The molecule has 9 heteroatoms. The topological polar surface area (TPSA) is 90.9 Å². The molecule has 1 aliphatic heterocycles. The number of amides is 2. The number of rotatable bonds is 8. The second-order valence-corrected chi connectivity index (χ2v) is 9.58. The van der Waals surface area contributed by atoms with Gasteiger partial charge in [-0.15, -0.1) is 17.5 Å². The van der Waals surface area contributed by atoms with Gasteiger partial charge in [0.15, 0.2) is 5.17 Å². The predicted octanol–water partition coefficient (Wildman–Crippen LogP) is 3.33. The van der Waals surface area contributed by atoms with Crippen LogP contribution in [0.15, 0.2) is 35.4 Å². The third kappa shape index (κ3) is 7.24. The Hall–Kier alpha value is -2.06. The van der Waals surface area contributed by atoms with Crippen molar-refractivity contribution >= 4 is 46.9 Å². The molecule has 3 rings (SSSR count). The van der Waals surface area contributed by atoms with Crippen molar-refractivity contribution in [2.45, 2.75) is 58.5 Å². The summed E-state index contributed by atoms with van der Waals surface area (Å²) in [5, 5.41) is 7.72. The van der Waals surface area contributed by atoms with Gasteiger partial charge in [0, 0.05) is 24.8 Å². The Morgan fingerprint density at radius 1 is 1.12 bits per heavy atom. The third-order valence-electron chi connectivity index (χ3n) is 5.78. The lowest BCUT2D eigenvalue weighted by Crippen LogP contribution is -2.51. The number of carbonyl (C=O) groups is 3. The van der Waals surface area contributed by atoms with Crippen molar-refractivity contribution in [1.29, 1.82) is 0 Å². The van der Waals surface area contributed by atoms with E-state index in [1.165, 1.54) is 0 Å². The molecule has 1 aromatic carbocycles. The molecule has 0 aromatic heterocycles. The molecular weight excluding hydrogens is 448 g/mol. The van der Waals surface area contributed by atoms with Crippen molar-refractivity contribution in [3.05, 3.63) is 35.9 Å². The van der Waals surface area contributed by atoms with Crippen LogP contribution < -0.4 is 10.7 Å². The molecule has 2 amide bonds. The number of amidine groups is 1. The molecule has 32 heavy (non-hydrogen) atoms. The van der Waals surface area contributed by atoms with Crippen molar-refractivity contribution in [1.82, 2.24) is 15.6 Å². The average molecular weight is 481 g/mol. The van der Waals surface area contributed by atoms with Gasteiger partial charge >= 0.3 is 5.91 Å². The summed E-state index contributed by atoms with van der Waals surface area (Å²) in [6.45, 7) is 5.19. The van der Waals surface area contributed by atoms with Crippen molar-refractivity contribution in [2.75, 3.05) is 12.3 Å². The molecule has 2 aliphatic rings. The average Bonchev–Trinajstić information content (AvgIpc) is 3.23. The van der Waals surface area contributed by atoms with Crippen LogP contribution in [0.2, 0.25) is 0 Å². The van der Waals surface area contributed by atoms with Gasteiger partial charge in [-0.3, -0.25) is 14.4 Å². The number of hydrogen-bond acceptors (Lipinski definition) is 5. The second-order valence-electron chi connectivity index (χ2n) is 8.52. The lowest BCUT2D eigenvalue weighted by Gasteiger charge is -2.25. The van der Waals surface area contributed by atoms with Crippen molar-refractivity contribution in [3.8, 4) is 0 Å². The predicted molar refractivity (Wildman–Crippen MR) is 130 cm³/mol. The number of Topliss-reactive ketones (excluding diaryl/α,β-unsaturated/α-hetero) is 1. The molecule has 176 valence electrons. The Labute approximate surface area is 200 Å². The molecule has 1 saturated carbocycles. The quantitative estimate of drug-likeness (QED) is 0.440. The van der Waals surface area contributed by atoms with E-state index in [9.17, 15) is 14.4 Å². The zero-order valence-electron chi connectivity index (χ0n) is 18.7. The summed E-state index contributed by atoms with van der Waals surface area (Å²) in [6.07, 6.45) is 4.91. The summed E-state index contributed by atoms with van der Waals surface area (Å²) in [5.41, 5.74) is 3.57. The number of hydrazone groups is 1. The fourth-order valence-electron chi connectivity index (χ4n) is 3.95. The van der Waals surface area contributed by atoms with Crippen LogP contribution in [0.4, 0.5) is 0 Å². The van der Waals surface area contributed by atoms with Crippen LogP contribution >= 0.6 is 24.2 Å². The molecule has 0 spiro atoms. The van der Waals surface area contributed by atoms with Gasteiger partial charge in [-0.05, 0) is 24.3 Å². The molecule has 0 radical (unpaired) electrons. The Morgan fingerprint density at radius 3 is 2.47 bits per heavy atom. The molecule has 1 aliphatic carbocycles. The van der Waals surface area contributed by atoms with Crippen LogP contribution in [-0.4, -0.2) is 46.0 Å². The van der Waals surface area contributed by atoms with Crippen molar-refractivity contribution in [3.63, 3.8) is 0 Å². The highest BCUT2D eigenvalue weighted by Crippen LogP contribution is 2.24. The molecule has 0 unspecified atom stereocenters. The molecule has 2 fully saturated rings. The molecule has 0 bridgehead atoms. The largest absolute Gasteiger partial charge is 0.345 e. The maximum absolute atomic E-state index is 12.8. The summed E-state index contributed by atoms with van der Waals surface area (Å²) in [4.78, 5) is 40.0. The number of thioether (sulfide) groups is 1. The van der Waals surface area contributed by atoms with E-state index in [2.05, 4.69) is 20.7 Å². The lowest BCUT2D eigenvalue weighted by atomic mass is 9.88. The molecule has 1 atom stereocenters. The van der Waals surface area contributed by atoms with Crippen molar-refractivity contribution in [2.24, 2.45) is 16.9 Å². The fourth-order valence-corrected chi connectivity index (χ4v) is 4.90. The summed E-state index contributed by atoms with van der Waals surface area (Å²) in [5.74, 6) is -0.933. The van der Waals surface area contributed by atoms with E-state index in [1.54, 1.807) is 11.8 Å². The van der Waals surface area contributed by atoms with Crippen molar-refractivity contribution < 1.29 is 14.4 Å². The fraction of sp³-hybridized carbons (Fsp3) is 0.565. The van der Waals surface area contributed by atoms with Gasteiger partial charge in [0.25, 0.3) is 0 Å². The minimum atomic E-state index is -0.841. The number of halogens is 1.